The third-order valence-corrected chi connectivity index (χ3v) is 7.07. The number of fused-ring (bicyclic) bond motifs is 1. The molecule has 0 saturated carbocycles. The largest absolute Gasteiger partial charge is 0.618 e. The number of nitrogens with one attached hydrogen (secondary N) is 1. The van der Waals surface area contributed by atoms with Gasteiger partial charge in [0.2, 0.25) is 10.0 Å². The molecule has 7 nitrogen and oxygen atoms in total. The zero-order chi connectivity index (χ0) is 18.7. The molecule has 2 aromatic heterocycles. The second-order valence-corrected chi connectivity index (χ2v) is 8.54. The molecule has 3 aromatic rings. The molecular formula is C17H20N4O3S2. The summed E-state index contributed by atoms with van der Waals surface area (Å²) in [6, 6.07) is 10.1. The van der Waals surface area contributed by atoms with Gasteiger partial charge in [0.1, 0.15) is 5.82 Å². The van der Waals surface area contributed by atoms with E-state index in [1.807, 2.05) is 13.8 Å². The van der Waals surface area contributed by atoms with Crippen LogP contribution in [0.3, 0.4) is 0 Å². The molecule has 138 valence electrons. The molecule has 9 heteroatoms. The van der Waals surface area contributed by atoms with Gasteiger partial charge in [0.15, 0.2) is 6.20 Å². The van der Waals surface area contributed by atoms with Crippen molar-refractivity contribution in [1.29, 1.82) is 0 Å². The molecule has 0 aliphatic rings. The number of thioether (sulfide) groups is 1. The highest BCUT2D eigenvalue weighted by molar-refractivity contribution is 7.98. The van der Waals surface area contributed by atoms with Crippen molar-refractivity contribution in [2.75, 3.05) is 13.1 Å². The summed E-state index contributed by atoms with van der Waals surface area (Å²) in [4.78, 5) is 7.86. The summed E-state index contributed by atoms with van der Waals surface area (Å²) in [5, 5.41) is 12.3. The van der Waals surface area contributed by atoms with E-state index in [0.717, 1.165) is 4.73 Å². The van der Waals surface area contributed by atoms with Crippen LogP contribution >= 0.6 is 11.8 Å². The Kier molecular flexibility index (Phi) is 5.49. The van der Waals surface area contributed by atoms with Gasteiger partial charge in [0.25, 0.3) is 5.03 Å². The van der Waals surface area contributed by atoms with Crippen molar-refractivity contribution in [1.82, 2.24) is 14.3 Å². The van der Waals surface area contributed by atoms with Crippen molar-refractivity contribution in [2.45, 2.75) is 29.5 Å². The summed E-state index contributed by atoms with van der Waals surface area (Å²) < 4.78 is 27.5. The highest BCUT2D eigenvalue weighted by Gasteiger charge is 2.22. The van der Waals surface area contributed by atoms with Crippen molar-refractivity contribution in [2.24, 2.45) is 0 Å². The summed E-state index contributed by atoms with van der Waals surface area (Å²) in [6.45, 7) is 4.48. The van der Waals surface area contributed by atoms with Gasteiger partial charge >= 0.3 is 0 Å². The minimum Gasteiger partial charge on any atom is -0.618 e. The van der Waals surface area contributed by atoms with Crippen molar-refractivity contribution in [3.63, 3.8) is 0 Å². The van der Waals surface area contributed by atoms with E-state index >= 15 is 0 Å². The van der Waals surface area contributed by atoms with E-state index in [1.165, 1.54) is 22.3 Å². The Balaban J connectivity index is 1.85. The Bertz CT molecular complexity index is 1010. The van der Waals surface area contributed by atoms with Crippen molar-refractivity contribution in [3.8, 4) is 0 Å². The van der Waals surface area contributed by atoms with E-state index in [2.05, 4.69) is 9.97 Å². The van der Waals surface area contributed by atoms with Gasteiger partial charge in [-0.15, -0.1) is 0 Å². The van der Waals surface area contributed by atoms with E-state index < -0.39 is 10.0 Å². The molecule has 0 spiro atoms. The summed E-state index contributed by atoms with van der Waals surface area (Å²) in [6.07, 6.45) is 1.45. The van der Waals surface area contributed by atoms with Crippen molar-refractivity contribution in [3.05, 3.63) is 53.6 Å². The van der Waals surface area contributed by atoms with Crippen LogP contribution in [0.4, 0.5) is 0 Å². The molecule has 0 bridgehead atoms. The number of H-pyrrole nitrogens is 1. The van der Waals surface area contributed by atoms with E-state index in [4.69, 9.17) is 0 Å². The predicted molar refractivity (Wildman–Crippen MR) is 101 cm³/mol. The number of aromatic amines is 1. The quantitative estimate of drug-likeness (QED) is 0.379. The zero-order valence-corrected chi connectivity index (χ0v) is 16.2. The van der Waals surface area contributed by atoms with E-state index in [1.54, 1.807) is 36.4 Å². The lowest BCUT2D eigenvalue weighted by Crippen LogP contribution is -2.30. The fraction of sp³-hybridized carbons (Fsp3) is 0.294. The van der Waals surface area contributed by atoms with E-state index in [0.29, 0.717) is 40.7 Å². The Labute approximate surface area is 156 Å². The molecule has 0 saturated heterocycles. The Morgan fingerprint density at radius 3 is 2.69 bits per heavy atom. The first-order valence-corrected chi connectivity index (χ1v) is 10.7. The van der Waals surface area contributed by atoms with Crippen LogP contribution in [0.5, 0.6) is 0 Å². The SMILES string of the molecule is CCN(CC)S(=O)(=O)c1ccc2nc(CSc3cccc[n+]3[O-])[nH]c2c1. The molecule has 0 aliphatic heterocycles. The summed E-state index contributed by atoms with van der Waals surface area (Å²) in [5.74, 6) is 1.17. The van der Waals surface area contributed by atoms with Gasteiger partial charge in [-0.05, 0) is 36.0 Å². The number of hydrogen-bond acceptors (Lipinski definition) is 5. The maximum Gasteiger partial charge on any atom is 0.251 e. The first kappa shape index (κ1) is 18.7. The highest BCUT2D eigenvalue weighted by atomic mass is 32.2. The number of imidazole rings is 1. The third kappa shape index (κ3) is 3.69. The van der Waals surface area contributed by atoms with Gasteiger partial charge in [0.05, 0.1) is 21.7 Å². The van der Waals surface area contributed by atoms with E-state index in [9.17, 15) is 13.6 Å². The van der Waals surface area contributed by atoms with Crippen LogP contribution in [0.15, 0.2) is 52.5 Å². The van der Waals surface area contributed by atoms with E-state index in [-0.39, 0.29) is 4.90 Å². The molecule has 2 heterocycles. The van der Waals surface area contributed by atoms with Gasteiger partial charge < -0.3 is 10.2 Å². The van der Waals surface area contributed by atoms with Crippen LogP contribution < -0.4 is 4.73 Å². The molecule has 0 fully saturated rings. The second-order valence-electron chi connectivity index (χ2n) is 5.61. The number of aromatic nitrogens is 3. The zero-order valence-electron chi connectivity index (χ0n) is 14.5. The molecule has 3 rings (SSSR count). The Morgan fingerprint density at radius 1 is 1.23 bits per heavy atom. The van der Waals surface area contributed by atoms with Gasteiger partial charge in [-0.1, -0.05) is 13.8 Å². The van der Waals surface area contributed by atoms with Gasteiger partial charge in [-0.2, -0.15) is 9.04 Å². The first-order chi connectivity index (χ1) is 12.5. The van der Waals surface area contributed by atoms with Crippen molar-refractivity contribution >= 4 is 32.8 Å². The number of nitrogens with zero attached hydrogens (tertiary/aromatic N) is 3. The van der Waals surface area contributed by atoms with Gasteiger partial charge in [-0.3, -0.25) is 0 Å². The minimum atomic E-state index is -3.51. The second kappa shape index (κ2) is 7.65. The van der Waals surface area contributed by atoms with Crippen LogP contribution in [0.25, 0.3) is 11.0 Å². The molecule has 26 heavy (non-hydrogen) atoms. The highest BCUT2D eigenvalue weighted by Crippen LogP contribution is 2.23. The van der Waals surface area contributed by atoms with Gasteiger partial charge in [-0.25, -0.2) is 13.4 Å². The molecule has 0 amide bonds. The monoisotopic (exact) mass is 392 g/mol. The third-order valence-electron chi connectivity index (χ3n) is 3.99. The smallest absolute Gasteiger partial charge is 0.251 e. The molecule has 1 N–H and O–H groups in total. The maximum atomic E-state index is 12.6. The fourth-order valence-corrected chi connectivity index (χ4v) is 4.92. The molecule has 0 unspecified atom stereocenters. The molecule has 0 atom stereocenters. The first-order valence-electron chi connectivity index (χ1n) is 8.25. The number of benzene rings is 1. The van der Waals surface area contributed by atoms with Gasteiger partial charge in [0, 0.05) is 25.2 Å². The van der Waals surface area contributed by atoms with Crippen LogP contribution in [0.1, 0.15) is 19.7 Å². The van der Waals surface area contributed by atoms with Crippen LogP contribution in [0, 0.1) is 5.21 Å². The lowest BCUT2D eigenvalue weighted by atomic mass is 10.3. The Hall–Kier alpha value is -2.10. The topological polar surface area (TPSA) is 93.0 Å². The Morgan fingerprint density at radius 2 is 2.00 bits per heavy atom. The minimum absolute atomic E-state index is 0.247. The lowest BCUT2D eigenvalue weighted by Gasteiger charge is -2.18. The standard InChI is InChI=1S/C17H20N4O3S2/c1-3-20(4-2)26(23,24)13-8-9-14-15(11-13)19-16(18-14)12-25-17-7-5-6-10-21(17)22/h5-11H,3-4,12H2,1-2H3,(H,18,19). The van der Waals surface area contributed by atoms with Crippen LogP contribution in [0.2, 0.25) is 0 Å². The molecule has 0 radical (unpaired) electrons. The summed E-state index contributed by atoms with van der Waals surface area (Å²) in [7, 11) is -3.51. The van der Waals surface area contributed by atoms with Crippen molar-refractivity contribution < 1.29 is 13.1 Å². The van der Waals surface area contributed by atoms with Crippen LogP contribution in [-0.2, 0) is 15.8 Å². The lowest BCUT2D eigenvalue weighted by molar-refractivity contribution is -0.645. The van der Waals surface area contributed by atoms with Crippen LogP contribution in [-0.4, -0.2) is 35.8 Å². The fourth-order valence-electron chi connectivity index (χ4n) is 2.65. The molecular weight excluding hydrogens is 372 g/mol. The number of pyridine rings is 1. The number of rotatable bonds is 7. The normalized spacial score (nSPS) is 12.1. The number of sulfonamides is 1. The number of hydrogen-bond donors (Lipinski definition) is 1. The summed E-state index contributed by atoms with van der Waals surface area (Å²) in [5.41, 5.74) is 1.36. The average Bonchev–Trinajstić information content (AvgIpc) is 3.04. The summed E-state index contributed by atoms with van der Waals surface area (Å²) >= 11 is 1.37. The molecule has 1 aromatic carbocycles. The predicted octanol–water partition coefficient (Wildman–Crippen LogP) is 2.52. The maximum absolute atomic E-state index is 12.6. The average molecular weight is 393 g/mol. The molecule has 0 aliphatic carbocycles.